The zero-order valence-corrected chi connectivity index (χ0v) is 14.8. The summed E-state index contributed by atoms with van der Waals surface area (Å²) in [6.07, 6.45) is 8.45. The van der Waals surface area contributed by atoms with Gasteiger partial charge < -0.3 is 4.40 Å². The number of aromatic nitrogens is 1. The zero-order chi connectivity index (χ0) is 15.9. The molecule has 0 aliphatic carbocycles. The number of hydrogen-bond acceptors (Lipinski definition) is 1. The fraction of sp³-hybridized carbons (Fsp3) is 0.600. The number of unbranched alkanes of at least 4 members (excludes halogenated alkanes) is 1. The Morgan fingerprint density at radius 3 is 2.45 bits per heavy atom. The van der Waals surface area contributed by atoms with Gasteiger partial charge in [0.1, 0.15) is 0 Å². The maximum atomic E-state index is 2.62. The number of aryl methyl sites for hydroxylation is 1. The van der Waals surface area contributed by atoms with Crippen LogP contribution in [0, 0.1) is 0 Å². The van der Waals surface area contributed by atoms with Gasteiger partial charge in [-0.3, -0.25) is 4.90 Å². The molecule has 0 amide bonds. The maximum absolute atomic E-state index is 2.62. The Morgan fingerprint density at radius 2 is 1.82 bits per heavy atom. The lowest BCUT2D eigenvalue weighted by Gasteiger charge is -2.30. The first-order valence-electron chi connectivity index (χ1n) is 9.09. The number of hydrogen-bond donors (Lipinski definition) is 0. The van der Waals surface area contributed by atoms with Crippen molar-refractivity contribution in [3.63, 3.8) is 0 Å². The van der Waals surface area contributed by atoms with Crippen molar-refractivity contribution in [3.8, 4) is 0 Å². The minimum atomic E-state index is 0.539. The molecule has 2 heteroatoms. The van der Waals surface area contributed by atoms with Crippen LogP contribution in [0.3, 0.4) is 0 Å². The second kappa shape index (κ2) is 8.38. The van der Waals surface area contributed by atoms with Crippen LogP contribution in [0.15, 0.2) is 30.5 Å². The highest BCUT2D eigenvalue weighted by Crippen LogP contribution is 2.31. The first-order chi connectivity index (χ1) is 10.8. The summed E-state index contributed by atoms with van der Waals surface area (Å²) in [5.41, 5.74) is 4.44. The van der Waals surface area contributed by atoms with E-state index in [9.17, 15) is 0 Å². The topological polar surface area (TPSA) is 7.65 Å². The number of rotatable bonds is 9. The number of fused-ring (bicyclic) bond motifs is 1. The van der Waals surface area contributed by atoms with Crippen molar-refractivity contribution in [1.29, 1.82) is 0 Å². The van der Waals surface area contributed by atoms with Crippen LogP contribution >= 0.6 is 0 Å². The molecule has 2 aromatic rings. The van der Waals surface area contributed by atoms with Crippen LogP contribution in [0.4, 0.5) is 0 Å². The van der Waals surface area contributed by atoms with E-state index in [1.54, 1.807) is 5.56 Å². The van der Waals surface area contributed by atoms with Crippen LogP contribution in [-0.2, 0) is 6.42 Å². The second-order valence-corrected chi connectivity index (χ2v) is 6.18. The third-order valence-electron chi connectivity index (χ3n) is 4.73. The van der Waals surface area contributed by atoms with Crippen molar-refractivity contribution < 1.29 is 0 Å². The summed E-state index contributed by atoms with van der Waals surface area (Å²) in [6.45, 7) is 11.4. The summed E-state index contributed by atoms with van der Waals surface area (Å²) in [5.74, 6) is 0. The van der Waals surface area contributed by atoms with Crippen LogP contribution in [0.1, 0.15) is 70.7 Å². The van der Waals surface area contributed by atoms with Crippen molar-refractivity contribution in [2.24, 2.45) is 0 Å². The van der Waals surface area contributed by atoms with Crippen LogP contribution in [-0.4, -0.2) is 22.4 Å². The zero-order valence-electron chi connectivity index (χ0n) is 14.8. The molecule has 0 N–H and O–H groups in total. The van der Waals surface area contributed by atoms with Crippen LogP contribution in [0.2, 0.25) is 0 Å². The van der Waals surface area contributed by atoms with Gasteiger partial charge in [0.2, 0.25) is 0 Å². The van der Waals surface area contributed by atoms with Crippen molar-refractivity contribution in [2.75, 3.05) is 13.1 Å². The predicted octanol–water partition coefficient (Wildman–Crippen LogP) is 5.46. The normalized spacial score (nSPS) is 13.1. The fourth-order valence-corrected chi connectivity index (χ4v) is 3.57. The number of nitrogens with zero attached hydrogens (tertiary/aromatic N) is 2. The van der Waals surface area contributed by atoms with E-state index in [0.29, 0.717) is 6.04 Å². The molecule has 0 aliphatic rings. The summed E-state index contributed by atoms with van der Waals surface area (Å²) in [6, 6.07) is 9.50. The molecular formula is C20H32N2. The molecule has 122 valence electrons. The van der Waals surface area contributed by atoms with Gasteiger partial charge in [0.15, 0.2) is 0 Å². The highest BCUT2D eigenvalue weighted by molar-refractivity contribution is 5.54. The van der Waals surface area contributed by atoms with Crippen molar-refractivity contribution >= 4 is 5.52 Å². The lowest BCUT2D eigenvalue weighted by molar-refractivity contribution is 0.201. The summed E-state index contributed by atoms with van der Waals surface area (Å²) >= 11 is 0. The van der Waals surface area contributed by atoms with Gasteiger partial charge in [-0.2, -0.15) is 0 Å². The van der Waals surface area contributed by atoms with Crippen molar-refractivity contribution in [2.45, 2.75) is 65.8 Å². The Bertz CT molecular complexity index is 566. The van der Waals surface area contributed by atoms with E-state index in [0.717, 1.165) is 13.1 Å². The molecule has 0 saturated heterocycles. The monoisotopic (exact) mass is 300 g/mol. The molecule has 2 heterocycles. The minimum absolute atomic E-state index is 0.539. The Hall–Kier alpha value is -1.28. The highest BCUT2D eigenvalue weighted by atomic mass is 15.2. The predicted molar refractivity (Wildman–Crippen MR) is 96.6 cm³/mol. The lowest BCUT2D eigenvalue weighted by Crippen LogP contribution is -2.30. The van der Waals surface area contributed by atoms with E-state index in [2.05, 4.69) is 67.5 Å². The molecule has 0 aliphatic heterocycles. The molecule has 0 saturated carbocycles. The van der Waals surface area contributed by atoms with E-state index in [1.807, 2.05) is 0 Å². The van der Waals surface area contributed by atoms with Gasteiger partial charge in [-0.1, -0.05) is 46.6 Å². The van der Waals surface area contributed by atoms with Crippen LogP contribution < -0.4 is 0 Å². The van der Waals surface area contributed by atoms with E-state index in [1.165, 1.54) is 43.3 Å². The first-order valence-corrected chi connectivity index (χ1v) is 9.09. The third-order valence-corrected chi connectivity index (χ3v) is 4.73. The van der Waals surface area contributed by atoms with Gasteiger partial charge in [-0.15, -0.1) is 0 Å². The summed E-state index contributed by atoms with van der Waals surface area (Å²) in [5, 5.41) is 0. The molecule has 2 rings (SSSR count). The van der Waals surface area contributed by atoms with Gasteiger partial charge in [-0.05, 0) is 56.1 Å². The van der Waals surface area contributed by atoms with Gasteiger partial charge in [-0.25, -0.2) is 0 Å². The molecule has 1 unspecified atom stereocenters. The summed E-state index contributed by atoms with van der Waals surface area (Å²) in [4.78, 5) is 2.62. The minimum Gasteiger partial charge on any atom is -0.319 e. The second-order valence-electron chi connectivity index (χ2n) is 6.18. The molecule has 0 radical (unpaired) electrons. The average molecular weight is 300 g/mol. The molecule has 2 nitrogen and oxygen atoms in total. The Balaban J connectivity index is 2.52. The SMILES string of the molecule is CCCCc1cc2ccccn2c1C(CCC)N(CC)CC. The van der Waals surface area contributed by atoms with Gasteiger partial charge in [0.05, 0.1) is 6.04 Å². The molecule has 0 fully saturated rings. The molecule has 2 aromatic heterocycles. The molecule has 1 atom stereocenters. The smallest absolute Gasteiger partial charge is 0.0506 e. The van der Waals surface area contributed by atoms with Crippen LogP contribution in [0.25, 0.3) is 5.52 Å². The van der Waals surface area contributed by atoms with E-state index < -0.39 is 0 Å². The maximum Gasteiger partial charge on any atom is 0.0506 e. The lowest BCUT2D eigenvalue weighted by atomic mass is 9.99. The van der Waals surface area contributed by atoms with Crippen molar-refractivity contribution in [3.05, 3.63) is 41.7 Å². The largest absolute Gasteiger partial charge is 0.319 e. The third kappa shape index (κ3) is 3.55. The Morgan fingerprint density at radius 1 is 1.05 bits per heavy atom. The summed E-state index contributed by atoms with van der Waals surface area (Å²) < 4.78 is 2.43. The number of pyridine rings is 1. The van der Waals surface area contributed by atoms with Crippen LogP contribution in [0.5, 0.6) is 0 Å². The average Bonchev–Trinajstić information content (AvgIpc) is 2.91. The van der Waals surface area contributed by atoms with Gasteiger partial charge in [0, 0.05) is 17.4 Å². The molecule has 0 aromatic carbocycles. The standard InChI is InChI=1S/C20H32N2/c1-5-9-13-17-16-18-14-10-11-15-22(18)20(17)19(12-6-2)21(7-3)8-4/h10-11,14-16,19H,5-9,12-13H2,1-4H3. The van der Waals surface area contributed by atoms with E-state index in [4.69, 9.17) is 0 Å². The van der Waals surface area contributed by atoms with Crippen molar-refractivity contribution in [1.82, 2.24) is 9.30 Å². The molecule has 0 spiro atoms. The molecule has 22 heavy (non-hydrogen) atoms. The van der Waals surface area contributed by atoms with E-state index >= 15 is 0 Å². The Labute approximate surface area is 136 Å². The van der Waals surface area contributed by atoms with E-state index in [-0.39, 0.29) is 0 Å². The molecular weight excluding hydrogens is 268 g/mol. The quantitative estimate of drug-likeness (QED) is 0.596. The highest BCUT2D eigenvalue weighted by Gasteiger charge is 2.23. The summed E-state index contributed by atoms with van der Waals surface area (Å²) in [7, 11) is 0. The fourth-order valence-electron chi connectivity index (χ4n) is 3.57. The van der Waals surface area contributed by atoms with Gasteiger partial charge in [0.25, 0.3) is 0 Å². The Kier molecular flexibility index (Phi) is 6.50. The molecule has 0 bridgehead atoms. The first kappa shape index (κ1) is 17.1. The van der Waals surface area contributed by atoms with Gasteiger partial charge >= 0.3 is 0 Å².